The van der Waals surface area contributed by atoms with Crippen molar-refractivity contribution >= 4 is 6.08 Å². The minimum Gasteiger partial charge on any atom is -0.0730 e. The lowest BCUT2D eigenvalue weighted by Gasteiger charge is -2.25. The van der Waals surface area contributed by atoms with E-state index in [2.05, 4.69) is 62.1 Å². The first-order chi connectivity index (χ1) is 11.3. The summed E-state index contributed by atoms with van der Waals surface area (Å²) in [4.78, 5) is 0. The molecule has 0 aliphatic heterocycles. The van der Waals surface area contributed by atoms with Crippen LogP contribution in [0.1, 0.15) is 63.5 Å². The van der Waals surface area contributed by atoms with Crippen LogP contribution in [0.15, 0.2) is 42.5 Å². The second-order valence-electron chi connectivity index (χ2n) is 6.66. The molecule has 0 saturated heterocycles. The molecule has 1 aliphatic carbocycles. The standard InChI is InChI=1S/C23H30/c1-3-9-21-16-18-23(19-17-21)11-8-6-5-7-10-22-14-12-20(4-2)13-15-22/h7-8,10-11,16-20,22H,3-4,9,12-15H2,1-2H3/t20-,22-. The Balaban J connectivity index is 1.75. The van der Waals surface area contributed by atoms with Crippen molar-refractivity contribution in [2.75, 3.05) is 0 Å². The second-order valence-corrected chi connectivity index (χ2v) is 6.66. The monoisotopic (exact) mass is 306 g/mol. The van der Waals surface area contributed by atoms with Crippen molar-refractivity contribution in [3.63, 3.8) is 0 Å². The molecule has 1 saturated carbocycles. The molecule has 0 heterocycles. The van der Waals surface area contributed by atoms with E-state index in [-0.39, 0.29) is 0 Å². The van der Waals surface area contributed by atoms with Crippen LogP contribution in [-0.4, -0.2) is 0 Å². The fourth-order valence-corrected chi connectivity index (χ4v) is 3.29. The number of aryl methyl sites for hydroxylation is 1. The van der Waals surface area contributed by atoms with Crippen molar-refractivity contribution in [2.24, 2.45) is 11.8 Å². The minimum absolute atomic E-state index is 0.752. The first-order valence-electron chi connectivity index (χ1n) is 9.25. The van der Waals surface area contributed by atoms with Gasteiger partial charge in [0, 0.05) is 0 Å². The summed E-state index contributed by atoms with van der Waals surface area (Å²) in [5.41, 5.74) is 2.64. The van der Waals surface area contributed by atoms with E-state index in [1.165, 1.54) is 49.7 Å². The predicted octanol–water partition coefficient (Wildman–Crippen LogP) is 6.43. The maximum absolute atomic E-state index is 3.14. The van der Waals surface area contributed by atoms with Gasteiger partial charge in [-0.1, -0.05) is 68.9 Å². The van der Waals surface area contributed by atoms with E-state index in [1.807, 2.05) is 12.2 Å². The molecule has 2 rings (SSSR count). The third kappa shape index (κ3) is 6.49. The number of rotatable bonds is 5. The van der Waals surface area contributed by atoms with Crippen molar-refractivity contribution in [1.82, 2.24) is 0 Å². The van der Waals surface area contributed by atoms with Crippen molar-refractivity contribution in [2.45, 2.75) is 58.8 Å². The molecule has 1 aromatic rings. The molecule has 0 nitrogen and oxygen atoms in total. The first kappa shape index (κ1) is 17.6. The number of hydrogen-bond donors (Lipinski definition) is 0. The van der Waals surface area contributed by atoms with Gasteiger partial charge in [-0.3, -0.25) is 0 Å². The van der Waals surface area contributed by atoms with Crippen LogP contribution in [-0.2, 0) is 6.42 Å². The van der Waals surface area contributed by atoms with E-state index < -0.39 is 0 Å². The molecule has 0 radical (unpaired) electrons. The highest BCUT2D eigenvalue weighted by Gasteiger charge is 2.17. The van der Waals surface area contributed by atoms with E-state index in [0.29, 0.717) is 0 Å². The minimum atomic E-state index is 0.752. The van der Waals surface area contributed by atoms with E-state index in [1.54, 1.807) is 0 Å². The molecule has 0 N–H and O–H groups in total. The Labute approximate surface area is 142 Å². The molecule has 0 aromatic heterocycles. The molecule has 0 heteroatoms. The van der Waals surface area contributed by atoms with Gasteiger partial charge in [0.2, 0.25) is 0 Å². The van der Waals surface area contributed by atoms with Crippen molar-refractivity contribution in [1.29, 1.82) is 0 Å². The highest BCUT2D eigenvalue weighted by molar-refractivity contribution is 5.53. The van der Waals surface area contributed by atoms with Gasteiger partial charge in [0.1, 0.15) is 0 Å². The van der Waals surface area contributed by atoms with Crippen molar-refractivity contribution < 1.29 is 0 Å². The van der Waals surface area contributed by atoms with Crippen molar-refractivity contribution in [3.05, 3.63) is 53.6 Å². The maximum Gasteiger partial charge on any atom is -0.0109 e. The van der Waals surface area contributed by atoms with E-state index >= 15 is 0 Å². The lowest BCUT2D eigenvalue weighted by molar-refractivity contribution is 0.304. The van der Waals surface area contributed by atoms with E-state index in [9.17, 15) is 0 Å². The van der Waals surface area contributed by atoms with Gasteiger partial charge in [0.15, 0.2) is 0 Å². The van der Waals surface area contributed by atoms with Gasteiger partial charge in [0.25, 0.3) is 0 Å². The SMILES string of the molecule is CCCc1ccc(C=CC#CC=C[C@H]2CC[C@H](CC)CC2)cc1. The van der Waals surface area contributed by atoms with Crippen LogP contribution in [0.2, 0.25) is 0 Å². The third-order valence-corrected chi connectivity index (χ3v) is 4.88. The Bertz CT molecular complexity index is 554. The summed E-state index contributed by atoms with van der Waals surface area (Å²) in [6.07, 6.45) is 17.6. The number of allylic oxidation sites excluding steroid dienone is 3. The third-order valence-electron chi connectivity index (χ3n) is 4.88. The fourth-order valence-electron chi connectivity index (χ4n) is 3.29. The van der Waals surface area contributed by atoms with Gasteiger partial charge < -0.3 is 0 Å². The molecule has 0 bridgehead atoms. The summed E-state index contributed by atoms with van der Waals surface area (Å²) in [6, 6.07) is 8.77. The zero-order valence-corrected chi connectivity index (χ0v) is 14.7. The van der Waals surface area contributed by atoms with Crippen LogP contribution < -0.4 is 0 Å². The summed E-state index contributed by atoms with van der Waals surface area (Å²) >= 11 is 0. The molecule has 1 aliphatic rings. The molecule has 0 amide bonds. The molecule has 0 spiro atoms. The highest BCUT2D eigenvalue weighted by atomic mass is 14.2. The summed E-state index contributed by atoms with van der Waals surface area (Å²) in [5, 5.41) is 0. The lowest BCUT2D eigenvalue weighted by atomic mass is 9.81. The molecule has 122 valence electrons. The maximum atomic E-state index is 3.14. The molecule has 1 aromatic carbocycles. The largest absolute Gasteiger partial charge is 0.0730 e. The summed E-state index contributed by atoms with van der Waals surface area (Å²) < 4.78 is 0. The summed E-state index contributed by atoms with van der Waals surface area (Å²) in [5.74, 6) is 7.98. The van der Waals surface area contributed by atoms with E-state index in [4.69, 9.17) is 0 Å². The summed E-state index contributed by atoms with van der Waals surface area (Å²) in [7, 11) is 0. The van der Waals surface area contributed by atoms with Crippen LogP contribution in [0.5, 0.6) is 0 Å². The lowest BCUT2D eigenvalue weighted by Crippen LogP contribution is -2.11. The van der Waals surface area contributed by atoms with Gasteiger partial charge in [-0.25, -0.2) is 0 Å². The average Bonchev–Trinajstić information content (AvgIpc) is 2.60. The zero-order valence-electron chi connectivity index (χ0n) is 14.7. The van der Waals surface area contributed by atoms with Crippen LogP contribution in [0, 0.1) is 23.7 Å². The Kier molecular flexibility index (Phi) is 7.74. The summed E-state index contributed by atoms with van der Waals surface area (Å²) in [6.45, 7) is 4.53. The van der Waals surface area contributed by atoms with Gasteiger partial charge in [-0.15, -0.1) is 0 Å². The first-order valence-corrected chi connectivity index (χ1v) is 9.25. The van der Waals surface area contributed by atoms with Gasteiger partial charge in [-0.05, 0) is 73.3 Å². The Hall–Kier alpha value is -1.74. The van der Waals surface area contributed by atoms with Crippen LogP contribution >= 0.6 is 0 Å². The predicted molar refractivity (Wildman–Crippen MR) is 102 cm³/mol. The average molecular weight is 306 g/mol. The quantitative estimate of drug-likeness (QED) is 0.550. The molecule has 0 atom stereocenters. The Morgan fingerprint density at radius 2 is 1.65 bits per heavy atom. The molecular weight excluding hydrogens is 276 g/mol. The van der Waals surface area contributed by atoms with Crippen LogP contribution in [0.25, 0.3) is 6.08 Å². The van der Waals surface area contributed by atoms with Crippen molar-refractivity contribution in [3.8, 4) is 11.8 Å². The highest BCUT2D eigenvalue weighted by Crippen LogP contribution is 2.31. The Morgan fingerprint density at radius 3 is 2.30 bits per heavy atom. The van der Waals surface area contributed by atoms with Crippen LogP contribution in [0.4, 0.5) is 0 Å². The fraction of sp³-hybridized carbons (Fsp3) is 0.478. The second kappa shape index (κ2) is 10.1. The molecule has 1 fully saturated rings. The number of hydrogen-bond acceptors (Lipinski definition) is 0. The topological polar surface area (TPSA) is 0 Å². The number of benzene rings is 1. The normalized spacial score (nSPS) is 21.5. The zero-order chi connectivity index (χ0) is 16.3. The van der Waals surface area contributed by atoms with Gasteiger partial charge >= 0.3 is 0 Å². The molecule has 23 heavy (non-hydrogen) atoms. The van der Waals surface area contributed by atoms with E-state index in [0.717, 1.165) is 18.3 Å². The molecule has 0 unspecified atom stereocenters. The van der Waals surface area contributed by atoms with Gasteiger partial charge in [-0.2, -0.15) is 0 Å². The Morgan fingerprint density at radius 1 is 0.957 bits per heavy atom. The molecular formula is C23H30. The smallest absolute Gasteiger partial charge is 0.0109 e. The van der Waals surface area contributed by atoms with Crippen LogP contribution in [0.3, 0.4) is 0 Å². The van der Waals surface area contributed by atoms with Gasteiger partial charge in [0.05, 0.1) is 0 Å².